The van der Waals surface area contributed by atoms with E-state index in [9.17, 15) is 14.4 Å². The topological polar surface area (TPSA) is 91.4 Å². The third-order valence-corrected chi connectivity index (χ3v) is 5.27. The van der Waals surface area contributed by atoms with E-state index in [-0.39, 0.29) is 24.9 Å². The van der Waals surface area contributed by atoms with Crippen molar-refractivity contribution in [2.24, 2.45) is 0 Å². The van der Waals surface area contributed by atoms with Crippen molar-refractivity contribution in [2.75, 3.05) is 11.9 Å². The first-order chi connectivity index (χ1) is 13.0. The first-order valence-corrected chi connectivity index (χ1v) is 9.24. The number of anilines is 1. The molecule has 7 nitrogen and oxygen atoms in total. The number of imide groups is 1. The molecule has 3 aromatic rings. The highest BCUT2D eigenvalue weighted by atomic mass is 35.5. The maximum Gasteiger partial charge on any atom is 0.324 e. The van der Waals surface area contributed by atoms with Crippen LogP contribution in [0.3, 0.4) is 0 Å². The maximum atomic E-state index is 12.7. The van der Waals surface area contributed by atoms with Crippen LogP contribution in [0.2, 0.25) is 5.02 Å². The number of rotatable bonds is 4. The van der Waals surface area contributed by atoms with Crippen molar-refractivity contribution in [3.63, 3.8) is 0 Å². The van der Waals surface area contributed by atoms with Crippen LogP contribution in [-0.2, 0) is 11.3 Å². The lowest BCUT2D eigenvalue weighted by Crippen LogP contribution is -2.31. The zero-order valence-electron chi connectivity index (χ0n) is 13.9. The van der Waals surface area contributed by atoms with Gasteiger partial charge in [0.15, 0.2) is 5.13 Å². The van der Waals surface area contributed by atoms with Crippen molar-refractivity contribution in [1.29, 1.82) is 0 Å². The second-order valence-electron chi connectivity index (χ2n) is 5.88. The Bertz CT molecular complexity index is 1070. The second-order valence-corrected chi connectivity index (χ2v) is 7.35. The zero-order valence-corrected chi connectivity index (χ0v) is 15.4. The molecule has 2 heterocycles. The number of nitrogens with one attached hydrogen (secondary N) is 2. The summed E-state index contributed by atoms with van der Waals surface area (Å²) in [5.41, 5.74) is 1.69. The van der Waals surface area contributed by atoms with Gasteiger partial charge in [-0.05, 0) is 29.8 Å². The molecule has 2 aromatic carbocycles. The Hall–Kier alpha value is -2.97. The lowest BCUT2D eigenvalue weighted by molar-refractivity contribution is -0.125. The molecular formula is C18H13ClN4O3S. The Morgan fingerprint density at radius 1 is 1.26 bits per heavy atom. The van der Waals surface area contributed by atoms with Gasteiger partial charge in [-0.25, -0.2) is 9.78 Å². The highest BCUT2D eigenvalue weighted by Gasteiger charge is 2.29. The number of aromatic nitrogens is 1. The molecule has 1 aliphatic heterocycles. The summed E-state index contributed by atoms with van der Waals surface area (Å²) in [5, 5.41) is 6.29. The molecule has 0 spiro atoms. The largest absolute Gasteiger partial charge is 0.329 e. The second kappa shape index (κ2) is 6.98. The Labute approximate surface area is 162 Å². The minimum atomic E-state index is -0.460. The van der Waals surface area contributed by atoms with Gasteiger partial charge in [0.05, 0.1) is 23.3 Å². The summed E-state index contributed by atoms with van der Waals surface area (Å²) >= 11 is 7.30. The molecule has 2 N–H and O–H groups in total. The summed E-state index contributed by atoms with van der Waals surface area (Å²) in [6.07, 6.45) is 0. The van der Waals surface area contributed by atoms with Gasteiger partial charge in [0.1, 0.15) is 0 Å². The molecule has 0 bridgehead atoms. The van der Waals surface area contributed by atoms with Gasteiger partial charge in [-0.2, -0.15) is 0 Å². The summed E-state index contributed by atoms with van der Waals surface area (Å²) in [5.74, 6) is -0.680. The predicted octanol–water partition coefficient (Wildman–Crippen LogP) is 3.25. The highest BCUT2D eigenvalue weighted by molar-refractivity contribution is 7.22. The van der Waals surface area contributed by atoms with E-state index in [4.69, 9.17) is 11.6 Å². The van der Waals surface area contributed by atoms with E-state index in [0.29, 0.717) is 21.3 Å². The smallest absolute Gasteiger partial charge is 0.324 e. The van der Waals surface area contributed by atoms with Gasteiger partial charge in [-0.15, -0.1) is 0 Å². The van der Waals surface area contributed by atoms with Gasteiger partial charge >= 0.3 is 6.03 Å². The Balaban J connectivity index is 1.58. The SMILES string of the molecule is O=C(Nc1nc2ccc(Cl)cc2s1)c1ccccc1CN1C(=O)CNC1=O. The number of carbonyl (C=O) groups is 3. The number of carbonyl (C=O) groups excluding carboxylic acids is 3. The van der Waals surface area contributed by atoms with Crippen LogP contribution >= 0.6 is 22.9 Å². The fourth-order valence-electron chi connectivity index (χ4n) is 2.78. The van der Waals surface area contributed by atoms with Crippen LogP contribution in [0.5, 0.6) is 0 Å². The maximum absolute atomic E-state index is 12.7. The number of halogens is 1. The average Bonchev–Trinajstić information content (AvgIpc) is 3.18. The Morgan fingerprint density at radius 2 is 2.07 bits per heavy atom. The van der Waals surface area contributed by atoms with Crippen molar-refractivity contribution in [1.82, 2.24) is 15.2 Å². The number of urea groups is 1. The van der Waals surface area contributed by atoms with Crippen LogP contribution in [0.1, 0.15) is 15.9 Å². The molecule has 0 atom stereocenters. The number of hydrogen-bond acceptors (Lipinski definition) is 5. The number of nitrogens with zero attached hydrogens (tertiary/aromatic N) is 2. The van der Waals surface area contributed by atoms with Crippen molar-refractivity contribution >= 4 is 56.1 Å². The van der Waals surface area contributed by atoms with Gasteiger partial charge in [-0.1, -0.05) is 41.1 Å². The van der Waals surface area contributed by atoms with Crippen molar-refractivity contribution < 1.29 is 14.4 Å². The lowest BCUT2D eigenvalue weighted by atomic mass is 10.1. The Kier molecular flexibility index (Phi) is 4.51. The third kappa shape index (κ3) is 3.49. The van der Waals surface area contributed by atoms with Crippen molar-refractivity contribution in [2.45, 2.75) is 6.54 Å². The number of benzene rings is 2. The molecule has 0 saturated carbocycles. The molecule has 1 aromatic heterocycles. The molecule has 0 aliphatic carbocycles. The number of amides is 4. The minimum absolute atomic E-state index is 0.0263. The van der Waals surface area contributed by atoms with Crippen LogP contribution in [0.4, 0.5) is 9.93 Å². The van der Waals surface area contributed by atoms with Gasteiger partial charge in [0, 0.05) is 10.6 Å². The van der Waals surface area contributed by atoms with Gasteiger partial charge in [-0.3, -0.25) is 19.8 Å². The molecule has 136 valence electrons. The number of fused-ring (bicyclic) bond motifs is 1. The van der Waals surface area contributed by atoms with Crippen LogP contribution in [0.25, 0.3) is 10.2 Å². The fraction of sp³-hybridized carbons (Fsp3) is 0.111. The van der Waals surface area contributed by atoms with Crippen LogP contribution in [0.15, 0.2) is 42.5 Å². The first kappa shape index (κ1) is 17.4. The standard InChI is InChI=1S/C18H13ClN4O3S/c19-11-5-6-13-14(7-11)27-17(21-13)22-16(25)12-4-2-1-3-10(12)9-23-15(24)8-20-18(23)26/h1-7H,8-9H2,(H,20,26)(H,21,22,25). The van der Waals surface area contributed by atoms with Gasteiger partial charge in [0.2, 0.25) is 5.91 Å². The van der Waals surface area contributed by atoms with Crippen LogP contribution < -0.4 is 10.6 Å². The third-order valence-electron chi connectivity index (χ3n) is 4.10. The zero-order chi connectivity index (χ0) is 19.0. The van der Waals surface area contributed by atoms with E-state index >= 15 is 0 Å². The van der Waals surface area contributed by atoms with E-state index in [1.54, 1.807) is 42.5 Å². The summed E-state index contributed by atoms with van der Waals surface area (Å²) in [6, 6.07) is 11.7. The molecule has 9 heteroatoms. The molecule has 1 saturated heterocycles. The molecule has 0 radical (unpaired) electrons. The van der Waals surface area contributed by atoms with E-state index in [1.807, 2.05) is 0 Å². The van der Waals surface area contributed by atoms with Gasteiger partial charge < -0.3 is 5.32 Å². The summed E-state index contributed by atoms with van der Waals surface area (Å²) in [6.45, 7) is 0.00513. The lowest BCUT2D eigenvalue weighted by Gasteiger charge is -2.15. The van der Waals surface area contributed by atoms with E-state index < -0.39 is 6.03 Å². The monoisotopic (exact) mass is 400 g/mol. The summed E-state index contributed by atoms with van der Waals surface area (Å²) < 4.78 is 0.866. The first-order valence-electron chi connectivity index (χ1n) is 8.05. The summed E-state index contributed by atoms with van der Waals surface area (Å²) in [7, 11) is 0. The summed E-state index contributed by atoms with van der Waals surface area (Å²) in [4.78, 5) is 41.8. The minimum Gasteiger partial charge on any atom is -0.329 e. The number of thiazole rings is 1. The van der Waals surface area contributed by atoms with Crippen LogP contribution in [0, 0.1) is 0 Å². The van der Waals surface area contributed by atoms with Crippen molar-refractivity contribution in [3.8, 4) is 0 Å². The molecule has 1 aliphatic rings. The molecule has 1 fully saturated rings. The fourth-order valence-corrected chi connectivity index (χ4v) is 3.92. The molecule has 0 unspecified atom stereocenters. The normalized spacial score (nSPS) is 13.9. The predicted molar refractivity (Wildman–Crippen MR) is 103 cm³/mol. The van der Waals surface area contributed by atoms with E-state index in [1.165, 1.54) is 11.3 Å². The molecular weight excluding hydrogens is 388 g/mol. The van der Waals surface area contributed by atoms with Crippen molar-refractivity contribution in [3.05, 3.63) is 58.6 Å². The molecule has 27 heavy (non-hydrogen) atoms. The molecule has 4 rings (SSSR count). The Morgan fingerprint density at radius 3 is 2.85 bits per heavy atom. The van der Waals surface area contributed by atoms with Crippen LogP contribution in [-0.4, -0.2) is 34.3 Å². The average molecular weight is 401 g/mol. The van der Waals surface area contributed by atoms with E-state index in [0.717, 1.165) is 15.1 Å². The van der Waals surface area contributed by atoms with E-state index in [2.05, 4.69) is 15.6 Å². The molecule has 4 amide bonds. The van der Waals surface area contributed by atoms with Gasteiger partial charge in [0.25, 0.3) is 5.91 Å². The highest BCUT2D eigenvalue weighted by Crippen LogP contribution is 2.28. The number of hydrogen-bond donors (Lipinski definition) is 2. The quantitative estimate of drug-likeness (QED) is 0.657.